The molecule has 1 aromatic heterocycles. The maximum Gasteiger partial charge on any atom is 0.233 e. The lowest BCUT2D eigenvalue weighted by molar-refractivity contribution is -0.127. The van der Waals surface area contributed by atoms with Gasteiger partial charge in [0, 0.05) is 25.2 Å². The molecule has 0 aliphatic rings. The molecule has 1 amide bonds. The standard InChI is InChI=1S/C23H28N4OS/c1-5-26(6-2)22(28)16-29-23-25-24-21(15-19-10-8-7-9-11-19)27(23)20-13-12-17(3)18(4)14-20/h7-14H,5-6,15-16H2,1-4H3. The summed E-state index contributed by atoms with van der Waals surface area (Å²) in [6.07, 6.45) is 0.686. The van der Waals surface area contributed by atoms with Crippen molar-refractivity contribution in [2.24, 2.45) is 0 Å². The highest BCUT2D eigenvalue weighted by Gasteiger charge is 2.18. The second kappa shape index (κ2) is 9.74. The van der Waals surface area contributed by atoms with Crippen LogP contribution in [0, 0.1) is 13.8 Å². The normalized spacial score (nSPS) is 10.9. The third-order valence-electron chi connectivity index (χ3n) is 5.10. The Morgan fingerprint density at radius 3 is 2.38 bits per heavy atom. The number of carbonyl (C=O) groups excluding carboxylic acids is 1. The van der Waals surface area contributed by atoms with E-state index in [1.165, 1.54) is 28.5 Å². The van der Waals surface area contributed by atoms with Crippen LogP contribution in [0.1, 0.15) is 36.4 Å². The Kier molecular flexibility index (Phi) is 7.09. The van der Waals surface area contributed by atoms with Crippen LogP contribution in [0.3, 0.4) is 0 Å². The fraction of sp³-hybridized carbons (Fsp3) is 0.348. The molecule has 6 heteroatoms. The predicted molar refractivity (Wildman–Crippen MR) is 119 cm³/mol. The number of amides is 1. The number of nitrogens with zero attached hydrogens (tertiary/aromatic N) is 4. The van der Waals surface area contributed by atoms with Crippen molar-refractivity contribution in [1.29, 1.82) is 0 Å². The Hall–Kier alpha value is -2.60. The molecule has 0 aliphatic heterocycles. The largest absolute Gasteiger partial charge is 0.343 e. The van der Waals surface area contributed by atoms with Gasteiger partial charge in [0.05, 0.1) is 5.75 Å². The van der Waals surface area contributed by atoms with Gasteiger partial charge in [-0.2, -0.15) is 0 Å². The molecule has 152 valence electrons. The zero-order valence-electron chi connectivity index (χ0n) is 17.6. The first-order valence-electron chi connectivity index (χ1n) is 9.99. The third kappa shape index (κ3) is 5.07. The van der Waals surface area contributed by atoms with Crippen molar-refractivity contribution in [3.8, 4) is 5.69 Å². The molecular weight excluding hydrogens is 380 g/mol. The second-order valence-electron chi connectivity index (χ2n) is 7.02. The van der Waals surface area contributed by atoms with E-state index in [1.807, 2.05) is 36.9 Å². The minimum Gasteiger partial charge on any atom is -0.343 e. The average Bonchev–Trinajstić information content (AvgIpc) is 3.12. The molecule has 0 bridgehead atoms. The van der Waals surface area contributed by atoms with Gasteiger partial charge >= 0.3 is 0 Å². The van der Waals surface area contributed by atoms with Crippen LogP contribution in [0.15, 0.2) is 53.7 Å². The maximum absolute atomic E-state index is 12.5. The summed E-state index contributed by atoms with van der Waals surface area (Å²) in [4.78, 5) is 14.3. The minimum atomic E-state index is 0.124. The first-order valence-corrected chi connectivity index (χ1v) is 11.0. The van der Waals surface area contributed by atoms with Crippen molar-refractivity contribution in [3.05, 3.63) is 71.0 Å². The summed E-state index contributed by atoms with van der Waals surface area (Å²) in [6.45, 7) is 9.66. The van der Waals surface area contributed by atoms with Gasteiger partial charge in [-0.05, 0) is 56.5 Å². The summed E-state index contributed by atoms with van der Waals surface area (Å²) in [7, 11) is 0. The Morgan fingerprint density at radius 1 is 1.00 bits per heavy atom. The quantitative estimate of drug-likeness (QED) is 0.517. The molecule has 0 atom stereocenters. The third-order valence-corrected chi connectivity index (χ3v) is 6.01. The molecule has 0 saturated heterocycles. The van der Waals surface area contributed by atoms with Gasteiger partial charge in [0.2, 0.25) is 5.91 Å². The van der Waals surface area contributed by atoms with E-state index in [0.717, 1.165) is 29.8 Å². The topological polar surface area (TPSA) is 51.0 Å². The first-order chi connectivity index (χ1) is 14.0. The summed E-state index contributed by atoms with van der Waals surface area (Å²) < 4.78 is 2.08. The van der Waals surface area contributed by atoms with E-state index in [-0.39, 0.29) is 5.91 Å². The SMILES string of the molecule is CCN(CC)C(=O)CSc1nnc(Cc2ccccc2)n1-c1ccc(C)c(C)c1. The Morgan fingerprint density at radius 2 is 1.72 bits per heavy atom. The molecule has 3 aromatic rings. The molecule has 0 radical (unpaired) electrons. The molecule has 1 heterocycles. The smallest absolute Gasteiger partial charge is 0.233 e. The van der Waals surface area contributed by atoms with Crippen molar-refractivity contribution in [2.75, 3.05) is 18.8 Å². The summed E-state index contributed by atoms with van der Waals surface area (Å²) in [5.41, 5.74) is 4.68. The summed E-state index contributed by atoms with van der Waals surface area (Å²) in [6, 6.07) is 16.6. The van der Waals surface area contributed by atoms with Crippen LogP contribution in [-0.4, -0.2) is 44.4 Å². The predicted octanol–water partition coefficient (Wildman–Crippen LogP) is 4.44. The van der Waals surface area contributed by atoms with Crippen molar-refractivity contribution in [2.45, 2.75) is 39.3 Å². The average molecular weight is 409 g/mol. The van der Waals surface area contributed by atoms with Crippen LogP contribution in [0.2, 0.25) is 0 Å². The van der Waals surface area contributed by atoms with E-state index < -0.39 is 0 Å². The lowest BCUT2D eigenvalue weighted by Gasteiger charge is -2.18. The molecule has 0 spiro atoms. The fourth-order valence-electron chi connectivity index (χ4n) is 3.20. The Labute approximate surface area is 177 Å². The molecule has 29 heavy (non-hydrogen) atoms. The molecule has 0 aliphatic carbocycles. The van der Waals surface area contributed by atoms with E-state index in [4.69, 9.17) is 0 Å². The van der Waals surface area contributed by atoms with E-state index in [9.17, 15) is 4.79 Å². The maximum atomic E-state index is 12.5. The summed E-state index contributed by atoms with van der Waals surface area (Å²) in [5, 5.41) is 9.65. The van der Waals surface area contributed by atoms with Crippen LogP contribution in [0.5, 0.6) is 0 Å². The molecule has 0 saturated carbocycles. The minimum absolute atomic E-state index is 0.124. The van der Waals surface area contributed by atoms with Gasteiger partial charge in [0.25, 0.3) is 0 Å². The number of benzene rings is 2. The van der Waals surface area contributed by atoms with Crippen molar-refractivity contribution < 1.29 is 4.79 Å². The van der Waals surface area contributed by atoms with Gasteiger partial charge in [-0.25, -0.2) is 0 Å². The van der Waals surface area contributed by atoms with Gasteiger partial charge in [-0.3, -0.25) is 9.36 Å². The fourth-order valence-corrected chi connectivity index (χ4v) is 4.08. The molecule has 0 unspecified atom stereocenters. The second-order valence-corrected chi connectivity index (χ2v) is 7.96. The van der Waals surface area contributed by atoms with Gasteiger partial charge in [-0.1, -0.05) is 48.2 Å². The zero-order valence-corrected chi connectivity index (χ0v) is 18.4. The van der Waals surface area contributed by atoms with Gasteiger partial charge < -0.3 is 4.90 Å². The van der Waals surface area contributed by atoms with Crippen molar-refractivity contribution in [3.63, 3.8) is 0 Å². The monoisotopic (exact) mass is 408 g/mol. The van der Waals surface area contributed by atoms with Crippen molar-refractivity contribution in [1.82, 2.24) is 19.7 Å². The van der Waals surface area contributed by atoms with Gasteiger partial charge in [0.15, 0.2) is 5.16 Å². The highest BCUT2D eigenvalue weighted by atomic mass is 32.2. The van der Waals surface area contributed by atoms with Crippen molar-refractivity contribution >= 4 is 17.7 Å². The van der Waals surface area contributed by atoms with Crippen LogP contribution in [-0.2, 0) is 11.2 Å². The molecule has 5 nitrogen and oxygen atoms in total. The number of aromatic nitrogens is 3. The zero-order chi connectivity index (χ0) is 20.8. The lowest BCUT2D eigenvalue weighted by atomic mass is 10.1. The van der Waals surface area contributed by atoms with E-state index in [0.29, 0.717) is 12.2 Å². The molecule has 2 aromatic carbocycles. The number of rotatable bonds is 8. The first kappa shape index (κ1) is 21.1. The van der Waals surface area contributed by atoms with Crippen LogP contribution in [0.4, 0.5) is 0 Å². The van der Waals surface area contributed by atoms with E-state index in [1.54, 1.807) is 0 Å². The van der Waals surface area contributed by atoms with Crippen LogP contribution >= 0.6 is 11.8 Å². The van der Waals surface area contributed by atoms with E-state index in [2.05, 4.69) is 58.9 Å². The number of hydrogen-bond donors (Lipinski definition) is 0. The summed E-state index contributed by atoms with van der Waals surface area (Å²) >= 11 is 1.45. The van der Waals surface area contributed by atoms with Crippen LogP contribution < -0.4 is 0 Å². The van der Waals surface area contributed by atoms with Gasteiger partial charge in [0.1, 0.15) is 5.82 Å². The molecular formula is C23H28N4OS. The number of carbonyl (C=O) groups is 1. The highest BCUT2D eigenvalue weighted by molar-refractivity contribution is 7.99. The number of thioether (sulfide) groups is 1. The Bertz CT molecular complexity index is 964. The molecule has 3 rings (SSSR count). The Balaban J connectivity index is 1.93. The lowest BCUT2D eigenvalue weighted by Crippen LogP contribution is -2.31. The molecule has 0 fully saturated rings. The van der Waals surface area contributed by atoms with Crippen LogP contribution in [0.25, 0.3) is 5.69 Å². The number of aryl methyl sites for hydroxylation is 2. The number of hydrogen-bond acceptors (Lipinski definition) is 4. The summed E-state index contributed by atoms with van der Waals surface area (Å²) in [5.74, 6) is 1.35. The van der Waals surface area contributed by atoms with E-state index >= 15 is 0 Å². The molecule has 0 N–H and O–H groups in total. The van der Waals surface area contributed by atoms with Gasteiger partial charge in [-0.15, -0.1) is 10.2 Å². The highest BCUT2D eigenvalue weighted by Crippen LogP contribution is 2.25.